The van der Waals surface area contributed by atoms with E-state index in [2.05, 4.69) is 19.9 Å². The Bertz CT molecular complexity index is 516. The van der Waals surface area contributed by atoms with E-state index in [-0.39, 0.29) is 0 Å². The predicted octanol–water partition coefficient (Wildman–Crippen LogP) is 5.74. The largest absolute Gasteiger partial charge is 0.370 e. The third-order valence-electron chi connectivity index (χ3n) is 9.07. The van der Waals surface area contributed by atoms with Crippen molar-refractivity contribution >= 4 is 0 Å². The molecule has 1 nitrogen and oxygen atoms in total. The number of ether oxygens (including phenoxy) is 1. The highest BCUT2D eigenvalue weighted by Crippen LogP contribution is 2.64. The molecule has 0 N–H and O–H groups in total. The molecule has 7 atom stereocenters. The maximum Gasteiger partial charge on any atom is 0.0919 e. The van der Waals surface area contributed by atoms with Crippen LogP contribution in [0.5, 0.6) is 0 Å². The SMILES string of the molecule is C/C=C1/CCC[C@H]2[C@@H]3CC[C@H]4C[C@]5(CC[C@@H]4[C@H]3CC[C@]12C)CO5. The Hall–Kier alpha value is -0.300. The van der Waals surface area contributed by atoms with E-state index in [0.717, 1.165) is 36.2 Å². The Labute approximate surface area is 142 Å². The molecule has 0 amide bonds. The van der Waals surface area contributed by atoms with Crippen molar-refractivity contribution in [3.8, 4) is 0 Å². The third kappa shape index (κ3) is 2.14. The lowest BCUT2D eigenvalue weighted by Crippen LogP contribution is -2.51. The maximum atomic E-state index is 5.85. The van der Waals surface area contributed by atoms with Crippen LogP contribution in [0.4, 0.5) is 0 Å². The molecule has 0 radical (unpaired) electrons. The minimum atomic E-state index is 0.375. The minimum Gasteiger partial charge on any atom is -0.370 e. The van der Waals surface area contributed by atoms with Crippen LogP contribution < -0.4 is 0 Å². The Morgan fingerprint density at radius 3 is 2.61 bits per heavy atom. The summed E-state index contributed by atoms with van der Waals surface area (Å²) < 4.78 is 5.85. The summed E-state index contributed by atoms with van der Waals surface area (Å²) in [5.74, 6) is 5.14. The normalized spacial score (nSPS) is 56.8. The van der Waals surface area contributed by atoms with Gasteiger partial charge < -0.3 is 4.74 Å². The van der Waals surface area contributed by atoms with Crippen LogP contribution in [0.2, 0.25) is 0 Å². The molecule has 0 aromatic rings. The van der Waals surface area contributed by atoms with Crippen molar-refractivity contribution in [1.29, 1.82) is 0 Å². The van der Waals surface area contributed by atoms with Gasteiger partial charge in [-0.2, -0.15) is 0 Å². The van der Waals surface area contributed by atoms with Gasteiger partial charge in [0.15, 0.2) is 0 Å². The lowest BCUT2D eigenvalue weighted by Gasteiger charge is -2.59. The third-order valence-corrected chi connectivity index (χ3v) is 9.07. The summed E-state index contributed by atoms with van der Waals surface area (Å²) in [6, 6.07) is 0. The quantitative estimate of drug-likeness (QED) is 0.410. The highest BCUT2D eigenvalue weighted by Gasteiger charge is 2.57. The zero-order valence-electron chi connectivity index (χ0n) is 15.2. The van der Waals surface area contributed by atoms with Crippen molar-refractivity contribution in [2.75, 3.05) is 6.61 Å². The summed E-state index contributed by atoms with van der Waals surface area (Å²) in [5.41, 5.74) is 2.74. The van der Waals surface area contributed by atoms with Gasteiger partial charge in [-0.15, -0.1) is 0 Å². The van der Waals surface area contributed by atoms with Crippen LogP contribution in [0, 0.1) is 35.0 Å². The van der Waals surface area contributed by atoms with Crippen molar-refractivity contribution in [2.24, 2.45) is 35.0 Å². The molecule has 5 aliphatic rings. The molecule has 0 aromatic carbocycles. The van der Waals surface area contributed by atoms with E-state index in [1.807, 2.05) is 5.57 Å². The first-order valence-electron chi connectivity index (χ1n) is 10.4. The zero-order valence-corrected chi connectivity index (χ0v) is 15.2. The fourth-order valence-electron chi connectivity index (χ4n) is 7.83. The molecule has 4 aliphatic carbocycles. The van der Waals surface area contributed by atoms with Crippen LogP contribution in [0.3, 0.4) is 0 Å². The molecule has 23 heavy (non-hydrogen) atoms. The Morgan fingerprint density at radius 1 is 1.00 bits per heavy atom. The molecule has 1 saturated heterocycles. The van der Waals surface area contributed by atoms with Gasteiger partial charge in [-0.1, -0.05) is 18.6 Å². The lowest BCUT2D eigenvalue weighted by atomic mass is 9.46. The Kier molecular flexibility index (Phi) is 3.32. The van der Waals surface area contributed by atoms with Gasteiger partial charge in [0, 0.05) is 0 Å². The molecule has 1 spiro atoms. The van der Waals surface area contributed by atoms with Gasteiger partial charge in [-0.3, -0.25) is 0 Å². The topological polar surface area (TPSA) is 12.5 Å². The molecule has 0 unspecified atom stereocenters. The van der Waals surface area contributed by atoms with Crippen molar-refractivity contribution in [3.63, 3.8) is 0 Å². The van der Waals surface area contributed by atoms with E-state index in [0.29, 0.717) is 11.0 Å². The van der Waals surface area contributed by atoms with Crippen molar-refractivity contribution in [3.05, 3.63) is 11.6 Å². The zero-order chi connectivity index (χ0) is 15.7. The first-order valence-corrected chi connectivity index (χ1v) is 10.4. The summed E-state index contributed by atoms with van der Waals surface area (Å²) in [6.07, 6.45) is 17.1. The maximum absolute atomic E-state index is 5.85. The first-order chi connectivity index (χ1) is 11.2. The van der Waals surface area contributed by atoms with Gasteiger partial charge in [0.2, 0.25) is 0 Å². The molecule has 4 saturated carbocycles. The lowest BCUT2D eigenvalue weighted by molar-refractivity contribution is -0.0698. The monoisotopic (exact) mass is 314 g/mol. The summed E-state index contributed by atoms with van der Waals surface area (Å²) >= 11 is 0. The molecule has 5 fully saturated rings. The smallest absolute Gasteiger partial charge is 0.0919 e. The number of hydrogen-bond acceptors (Lipinski definition) is 1. The van der Waals surface area contributed by atoms with E-state index in [9.17, 15) is 0 Å². The van der Waals surface area contributed by atoms with Gasteiger partial charge in [-0.25, -0.2) is 0 Å². The molecular formula is C22H34O. The van der Waals surface area contributed by atoms with Crippen molar-refractivity contribution < 1.29 is 4.74 Å². The predicted molar refractivity (Wildman–Crippen MR) is 94.2 cm³/mol. The van der Waals surface area contributed by atoms with Crippen LogP contribution >= 0.6 is 0 Å². The highest BCUT2D eigenvalue weighted by molar-refractivity contribution is 5.20. The second kappa shape index (κ2) is 5.10. The number of rotatable bonds is 0. The fourth-order valence-corrected chi connectivity index (χ4v) is 7.83. The van der Waals surface area contributed by atoms with Crippen LogP contribution in [-0.2, 0) is 4.74 Å². The van der Waals surface area contributed by atoms with E-state index in [1.54, 1.807) is 0 Å². The second-order valence-corrected chi connectivity index (χ2v) is 9.81. The van der Waals surface area contributed by atoms with E-state index in [4.69, 9.17) is 4.74 Å². The number of allylic oxidation sites excluding steroid dienone is 2. The number of hydrogen-bond donors (Lipinski definition) is 0. The van der Waals surface area contributed by atoms with Gasteiger partial charge in [0.05, 0.1) is 12.2 Å². The molecular weight excluding hydrogens is 280 g/mol. The number of epoxide rings is 1. The summed E-state index contributed by atoms with van der Waals surface area (Å²) in [7, 11) is 0. The van der Waals surface area contributed by atoms with Crippen LogP contribution in [-0.4, -0.2) is 12.2 Å². The summed E-state index contributed by atoms with van der Waals surface area (Å²) in [6.45, 7) is 6.00. The average molecular weight is 315 g/mol. The van der Waals surface area contributed by atoms with Gasteiger partial charge in [0.25, 0.3) is 0 Å². The molecule has 128 valence electrons. The minimum absolute atomic E-state index is 0.375. The van der Waals surface area contributed by atoms with Crippen molar-refractivity contribution in [2.45, 2.75) is 83.7 Å². The van der Waals surface area contributed by atoms with Crippen LogP contribution in [0.1, 0.15) is 78.1 Å². The fraction of sp³-hybridized carbons (Fsp3) is 0.909. The average Bonchev–Trinajstić information content (AvgIpc) is 3.31. The molecule has 0 bridgehead atoms. The van der Waals surface area contributed by atoms with E-state index in [1.165, 1.54) is 64.2 Å². The summed E-state index contributed by atoms with van der Waals surface area (Å²) in [5, 5.41) is 0. The Balaban J connectivity index is 1.40. The molecule has 1 heterocycles. The molecule has 0 aromatic heterocycles. The number of fused-ring (bicyclic) bond motifs is 5. The molecule has 5 rings (SSSR count). The van der Waals surface area contributed by atoms with Crippen LogP contribution in [0.25, 0.3) is 0 Å². The van der Waals surface area contributed by atoms with Gasteiger partial charge >= 0.3 is 0 Å². The first kappa shape index (κ1) is 15.0. The van der Waals surface area contributed by atoms with Crippen molar-refractivity contribution in [1.82, 2.24) is 0 Å². The Morgan fingerprint density at radius 2 is 1.83 bits per heavy atom. The highest BCUT2D eigenvalue weighted by atomic mass is 16.6. The van der Waals surface area contributed by atoms with Gasteiger partial charge in [-0.05, 0) is 106 Å². The van der Waals surface area contributed by atoms with E-state index >= 15 is 0 Å². The standard InChI is InChI=1S/C22H34O/c1-3-16-5-4-6-20-19-8-7-15-13-22(14-23-22)12-10-17(15)18(19)9-11-21(16,20)2/h3,15,17-20H,4-14H2,1-2H3/b16-3-/t15-,17-,18+,19+,20-,21+,22+/m0/s1. The van der Waals surface area contributed by atoms with Crippen LogP contribution in [0.15, 0.2) is 11.6 Å². The summed E-state index contributed by atoms with van der Waals surface area (Å²) in [4.78, 5) is 0. The van der Waals surface area contributed by atoms with E-state index < -0.39 is 0 Å². The molecule has 1 heteroatoms. The molecule has 1 aliphatic heterocycles. The van der Waals surface area contributed by atoms with Gasteiger partial charge in [0.1, 0.15) is 0 Å². The second-order valence-electron chi connectivity index (χ2n) is 9.81.